The van der Waals surface area contributed by atoms with E-state index >= 15 is 0 Å². The van der Waals surface area contributed by atoms with Gasteiger partial charge in [-0.3, -0.25) is 14.4 Å². The van der Waals surface area contributed by atoms with Crippen molar-refractivity contribution in [2.24, 2.45) is 5.73 Å². The average Bonchev–Trinajstić information content (AvgIpc) is 2.92. The monoisotopic (exact) mass is 596 g/mol. The molecule has 0 aliphatic carbocycles. The van der Waals surface area contributed by atoms with Crippen molar-refractivity contribution in [3.8, 4) is 5.75 Å². The van der Waals surface area contributed by atoms with Gasteiger partial charge in [-0.25, -0.2) is 4.79 Å². The molecule has 0 fully saturated rings. The molecule has 0 heterocycles. The van der Waals surface area contributed by atoms with E-state index in [0.717, 1.165) is 36.8 Å². The van der Waals surface area contributed by atoms with Crippen LogP contribution in [0.15, 0.2) is 42.5 Å². The lowest BCUT2D eigenvalue weighted by Gasteiger charge is -2.35. The van der Waals surface area contributed by atoms with Gasteiger partial charge >= 0.3 is 6.09 Å². The topological polar surface area (TPSA) is 140 Å². The van der Waals surface area contributed by atoms with Crippen LogP contribution in [0, 0.1) is 13.8 Å². The highest BCUT2D eigenvalue weighted by Gasteiger charge is 2.37. The molecule has 10 heteroatoms. The normalized spacial score (nSPS) is 12.5. The number of carbonyl (C=O) groups is 4. The first-order valence-corrected chi connectivity index (χ1v) is 14.9. The summed E-state index contributed by atoms with van der Waals surface area (Å²) in [5.41, 5.74) is 7.66. The third-order valence-corrected chi connectivity index (χ3v) is 7.04. The Morgan fingerprint density at radius 2 is 1.60 bits per heavy atom. The van der Waals surface area contributed by atoms with Crippen LogP contribution in [0.5, 0.6) is 5.75 Å². The predicted octanol–water partition coefficient (Wildman–Crippen LogP) is 5.56. The number of alkyl carbamates (subject to hydrolysis) is 1. The van der Waals surface area contributed by atoms with Crippen LogP contribution in [0.25, 0.3) is 0 Å². The summed E-state index contributed by atoms with van der Waals surface area (Å²) < 4.78 is 10.6. The number of rotatable bonds is 15. The van der Waals surface area contributed by atoms with Gasteiger partial charge in [0.15, 0.2) is 0 Å². The van der Waals surface area contributed by atoms with Crippen LogP contribution in [0.2, 0.25) is 0 Å². The lowest BCUT2D eigenvalue weighted by Crippen LogP contribution is -2.53. The lowest BCUT2D eigenvalue weighted by molar-refractivity contribution is -0.142. The minimum absolute atomic E-state index is 0.224. The summed E-state index contributed by atoms with van der Waals surface area (Å²) in [6.45, 7) is 11.3. The Balaban J connectivity index is 2.59. The Morgan fingerprint density at radius 1 is 0.953 bits per heavy atom. The van der Waals surface area contributed by atoms with Crippen molar-refractivity contribution in [1.29, 1.82) is 0 Å². The molecule has 0 saturated heterocycles. The van der Waals surface area contributed by atoms with E-state index in [1.807, 2.05) is 32.0 Å². The molecule has 0 bridgehead atoms. The Labute approximate surface area is 255 Å². The van der Waals surface area contributed by atoms with Crippen molar-refractivity contribution in [3.63, 3.8) is 0 Å². The van der Waals surface area contributed by atoms with E-state index in [1.54, 1.807) is 52.1 Å². The SMILES string of the molecule is CCCCCCCN(C(=O)C(CC(N)=O)NC(=O)OC(C)(C)C)C(C(=O)Nc1ccc(OC)cc1)c1cccc(C)c1C. The number of aryl methyl sites for hydroxylation is 1. The summed E-state index contributed by atoms with van der Waals surface area (Å²) in [7, 11) is 1.56. The molecule has 0 spiro atoms. The van der Waals surface area contributed by atoms with Crippen LogP contribution in [-0.2, 0) is 19.1 Å². The van der Waals surface area contributed by atoms with Gasteiger partial charge in [0.1, 0.15) is 23.4 Å². The first kappa shape index (κ1) is 35.1. The molecule has 4 amide bonds. The molecule has 0 aliphatic rings. The summed E-state index contributed by atoms with van der Waals surface area (Å²) in [6, 6.07) is 10.1. The fourth-order valence-electron chi connectivity index (χ4n) is 4.71. The summed E-state index contributed by atoms with van der Waals surface area (Å²) in [4.78, 5) is 54.7. The van der Waals surface area contributed by atoms with Gasteiger partial charge in [-0.05, 0) is 82.0 Å². The molecule has 236 valence electrons. The third-order valence-electron chi connectivity index (χ3n) is 7.04. The van der Waals surface area contributed by atoms with Crippen molar-refractivity contribution >= 4 is 29.5 Å². The number of hydrogen-bond donors (Lipinski definition) is 3. The van der Waals surface area contributed by atoms with Gasteiger partial charge in [0.25, 0.3) is 5.91 Å². The Morgan fingerprint density at radius 3 is 2.19 bits per heavy atom. The van der Waals surface area contributed by atoms with E-state index in [1.165, 1.54) is 4.90 Å². The first-order valence-electron chi connectivity index (χ1n) is 14.9. The molecule has 2 rings (SSSR count). The molecular weight excluding hydrogens is 548 g/mol. The first-order chi connectivity index (χ1) is 20.3. The molecule has 0 aromatic heterocycles. The number of methoxy groups -OCH3 is 1. The number of ether oxygens (including phenoxy) is 2. The maximum Gasteiger partial charge on any atom is 0.408 e. The molecule has 2 unspecified atom stereocenters. The summed E-state index contributed by atoms with van der Waals surface area (Å²) >= 11 is 0. The number of nitrogens with zero attached hydrogens (tertiary/aromatic N) is 1. The highest BCUT2D eigenvalue weighted by Crippen LogP contribution is 2.30. The molecule has 2 aromatic rings. The molecule has 0 radical (unpaired) electrons. The van der Waals surface area contributed by atoms with Crippen LogP contribution in [0.1, 0.15) is 89.0 Å². The van der Waals surface area contributed by atoms with Gasteiger partial charge in [-0.15, -0.1) is 0 Å². The van der Waals surface area contributed by atoms with Gasteiger partial charge < -0.3 is 30.7 Å². The second-order valence-electron chi connectivity index (χ2n) is 11.7. The maximum atomic E-state index is 14.3. The van der Waals surface area contributed by atoms with Crippen LogP contribution < -0.4 is 21.1 Å². The smallest absolute Gasteiger partial charge is 0.408 e. The largest absolute Gasteiger partial charge is 0.497 e. The van der Waals surface area contributed by atoms with Crippen molar-refractivity contribution in [2.75, 3.05) is 19.0 Å². The standard InChI is InChI=1S/C33H48N4O6/c1-8-9-10-11-12-20-37(31(40)27(21-28(34)38)36-32(41)43-33(4,5)6)29(26-15-13-14-22(2)23(26)3)30(39)35-24-16-18-25(42-7)19-17-24/h13-19,27,29H,8-12,20-21H2,1-7H3,(H2,34,38)(H,35,39)(H,36,41). The van der Waals surface area contributed by atoms with Crippen LogP contribution in [0.3, 0.4) is 0 Å². The quantitative estimate of drug-likeness (QED) is 0.230. The number of unbranched alkanes of at least 4 members (excludes halogenated alkanes) is 4. The van der Waals surface area contributed by atoms with E-state index in [0.29, 0.717) is 23.4 Å². The van der Waals surface area contributed by atoms with Gasteiger partial charge in [0.05, 0.1) is 13.5 Å². The van der Waals surface area contributed by atoms with Crippen molar-refractivity contribution in [2.45, 2.75) is 97.8 Å². The van der Waals surface area contributed by atoms with Crippen LogP contribution in [0.4, 0.5) is 10.5 Å². The predicted molar refractivity (Wildman–Crippen MR) is 168 cm³/mol. The Bertz CT molecular complexity index is 1240. The summed E-state index contributed by atoms with van der Waals surface area (Å²) in [6.07, 6.45) is 3.24. The summed E-state index contributed by atoms with van der Waals surface area (Å²) in [5, 5.41) is 5.47. The van der Waals surface area contributed by atoms with Gasteiger partial charge in [-0.1, -0.05) is 50.8 Å². The van der Waals surface area contributed by atoms with Crippen molar-refractivity contribution in [1.82, 2.24) is 10.2 Å². The number of primary amides is 1. The molecule has 0 saturated carbocycles. The number of nitrogens with one attached hydrogen (secondary N) is 2. The second kappa shape index (κ2) is 16.5. The molecular formula is C33H48N4O6. The number of hydrogen-bond acceptors (Lipinski definition) is 6. The molecule has 10 nitrogen and oxygen atoms in total. The van der Waals surface area contributed by atoms with Gasteiger partial charge in [0.2, 0.25) is 11.8 Å². The number of carbonyl (C=O) groups excluding carboxylic acids is 4. The van der Waals surface area contributed by atoms with E-state index in [9.17, 15) is 19.2 Å². The number of nitrogens with two attached hydrogens (primary N) is 1. The maximum absolute atomic E-state index is 14.3. The zero-order chi connectivity index (χ0) is 32.2. The van der Waals surface area contributed by atoms with E-state index in [4.69, 9.17) is 15.2 Å². The zero-order valence-electron chi connectivity index (χ0n) is 26.6. The van der Waals surface area contributed by atoms with Crippen molar-refractivity contribution < 1.29 is 28.7 Å². The van der Waals surface area contributed by atoms with Gasteiger partial charge in [0, 0.05) is 12.2 Å². The number of benzene rings is 2. The molecule has 4 N–H and O–H groups in total. The number of amides is 4. The zero-order valence-corrected chi connectivity index (χ0v) is 26.6. The highest BCUT2D eigenvalue weighted by atomic mass is 16.6. The Kier molecular flexibility index (Phi) is 13.5. The lowest BCUT2D eigenvalue weighted by atomic mass is 9.94. The minimum atomic E-state index is -1.33. The molecule has 2 aromatic carbocycles. The van der Waals surface area contributed by atoms with Gasteiger partial charge in [-0.2, -0.15) is 0 Å². The minimum Gasteiger partial charge on any atom is -0.497 e. The third kappa shape index (κ3) is 11.3. The van der Waals surface area contributed by atoms with E-state index in [2.05, 4.69) is 17.6 Å². The summed E-state index contributed by atoms with van der Waals surface area (Å²) in [5.74, 6) is -1.18. The van der Waals surface area contributed by atoms with Crippen molar-refractivity contribution in [3.05, 3.63) is 59.2 Å². The molecule has 0 aliphatic heterocycles. The molecule has 2 atom stereocenters. The number of anilines is 1. The second-order valence-corrected chi connectivity index (χ2v) is 11.7. The highest BCUT2D eigenvalue weighted by molar-refractivity contribution is 6.00. The molecule has 43 heavy (non-hydrogen) atoms. The Hall–Kier alpha value is -4.08. The van der Waals surface area contributed by atoms with Crippen LogP contribution >= 0.6 is 0 Å². The average molecular weight is 597 g/mol. The van der Waals surface area contributed by atoms with Crippen LogP contribution in [-0.4, -0.2) is 54.0 Å². The van der Waals surface area contributed by atoms with E-state index in [-0.39, 0.29) is 6.54 Å². The van der Waals surface area contributed by atoms with E-state index < -0.39 is 47.9 Å². The fourth-order valence-corrected chi connectivity index (χ4v) is 4.71. The fraction of sp³-hybridized carbons (Fsp3) is 0.515.